The minimum atomic E-state index is 0.709. The van der Waals surface area contributed by atoms with Gasteiger partial charge in [-0.15, -0.1) is 0 Å². The summed E-state index contributed by atoms with van der Waals surface area (Å²) < 4.78 is 0. The first-order chi connectivity index (χ1) is 9.38. The maximum Gasteiger partial charge on any atom is 0.142 e. The van der Waals surface area contributed by atoms with Crippen LogP contribution in [0.1, 0.15) is 17.8 Å². The second-order valence-electron chi connectivity index (χ2n) is 4.50. The topological polar surface area (TPSA) is 55.0 Å². The number of rotatable bonds is 7. The molecule has 0 atom stereocenters. The highest BCUT2D eigenvalue weighted by Gasteiger charge is 2.08. The summed E-state index contributed by atoms with van der Waals surface area (Å²) in [5.41, 5.74) is 6.91. The predicted molar refractivity (Wildman–Crippen MR) is 76.3 cm³/mol. The Morgan fingerprint density at radius 1 is 0.947 bits per heavy atom. The van der Waals surface area contributed by atoms with Crippen LogP contribution in [-0.4, -0.2) is 28.0 Å². The van der Waals surface area contributed by atoms with Crippen LogP contribution < -0.4 is 5.73 Å². The fourth-order valence-corrected chi connectivity index (χ4v) is 1.98. The molecule has 0 fully saturated rings. The van der Waals surface area contributed by atoms with Gasteiger partial charge in [-0.25, -0.2) is 9.97 Å². The number of nitrogens with two attached hydrogens (primary N) is 1. The van der Waals surface area contributed by atoms with E-state index in [1.54, 1.807) is 12.4 Å². The zero-order chi connectivity index (χ0) is 13.3. The molecular formula is C15H20N4. The fourth-order valence-electron chi connectivity index (χ4n) is 1.98. The van der Waals surface area contributed by atoms with Gasteiger partial charge in [0.15, 0.2) is 0 Å². The van der Waals surface area contributed by atoms with Gasteiger partial charge >= 0.3 is 0 Å². The molecule has 2 rings (SSSR count). The lowest BCUT2D eigenvalue weighted by Gasteiger charge is -2.21. The molecule has 2 N–H and O–H groups in total. The number of hydrogen-bond acceptors (Lipinski definition) is 4. The number of benzene rings is 1. The Hall–Kier alpha value is -1.78. The molecule has 0 amide bonds. The molecule has 1 aromatic heterocycles. The minimum absolute atomic E-state index is 0.709. The van der Waals surface area contributed by atoms with E-state index in [0.29, 0.717) is 6.54 Å². The van der Waals surface area contributed by atoms with Gasteiger partial charge in [-0.3, -0.25) is 4.90 Å². The zero-order valence-electron chi connectivity index (χ0n) is 11.1. The molecule has 0 saturated carbocycles. The van der Waals surface area contributed by atoms with Crippen molar-refractivity contribution in [2.75, 3.05) is 13.1 Å². The van der Waals surface area contributed by atoms with E-state index in [-0.39, 0.29) is 0 Å². The Labute approximate surface area is 114 Å². The van der Waals surface area contributed by atoms with Crippen LogP contribution in [0.25, 0.3) is 0 Å². The van der Waals surface area contributed by atoms with Gasteiger partial charge in [0.1, 0.15) is 5.82 Å². The van der Waals surface area contributed by atoms with Crippen molar-refractivity contribution >= 4 is 0 Å². The van der Waals surface area contributed by atoms with Gasteiger partial charge in [0.2, 0.25) is 0 Å². The molecule has 19 heavy (non-hydrogen) atoms. The molecule has 0 bridgehead atoms. The summed E-state index contributed by atoms with van der Waals surface area (Å²) in [5.74, 6) is 0.857. The van der Waals surface area contributed by atoms with Gasteiger partial charge in [-0.1, -0.05) is 30.3 Å². The summed E-state index contributed by atoms with van der Waals surface area (Å²) in [6, 6.07) is 12.3. The molecule has 4 heteroatoms. The van der Waals surface area contributed by atoms with Crippen molar-refractivity contribution in [2.45, 2.75) is 19.5 Å². The third kappa shape index (κ3) is 4.77. The lowest BCUT2D eigenvalue weighted by atomic mass is 10.2. The molecule has 1 aromatic carbocycles. The molecule has 0 aliphatic rings. The third-order valence-corrected chi connectivity index (χ3v) is 2.91. The van der Waals surface area contributed by atoms with Crippen LogP contribution >= 0.6 is 0 Å². The van der Waals surface area contributed by atoms with E-state index < -0.39 is 0 Å². The summed E-state index contributed by atoms with van der Waals surface area (Å²) in [4.78, 5) is 10.9. The van der Waals surface area contributed by atoms with Crippen LogP contribution in [0.4, 0.5) is 0 Å². The number of aromatic nitrogens is 2. The smallest absolute Gasteiger partial charge is 0.142 e. The largest absolute Gasteiger partial charge is 0.330 e. The minimum Gasteiger partial charge on any atom is -0.330 e. The van der Waals surface area contributed by atoms with Crippen LogP contribution in [0.3, 0.4) is 0 Å². The van der Waals surface area contributed by atoms with Crippen molar-refractivity contribution < 1.29 is 0 Å². The molecule has 100 valence electrons. The Morgan fingerprint density at radius 3 is 2.37 bits per heavy atom. The fraction of sp³-hybridized carbons (Fsp3) is 0.333. The second kappa shape index (κ2) is 7.61. The van der Waals surface area contributed by atoms with Crippen LogP contribution in [0.15, 0.2) is 48.8 Å². The average Bonchev–Trinajstić information content (AvgIpc) is 2.47. The highest BCUT2D eigenvalue weighted by Crippen LogP contribution is 2.07. The summed E-state index contributed by atoms with van der Waals surface area (Å²) in [5, 5.41) is 0. The highest BCUT2D eigenvalue weighted by molar-refractivity contribution is 5.14. The van der Waals surface area contributed by atoms with Crippen LogP contribution in [0.5, 0.6) is 0 Å². The molecule has 0 unspecified atom stereocenters. The van der Waals surface area contributed by atoms with E-state index in [1.165, 1.54) is 5.56 Å². The van der Waals surface area contributed by atoms with Crippen LogP contribution in [0, 0.1) is 0 Å². The van der Waals surface area contributed by atoms with Crippen molar-refractivity contribution in [1.29, 1.82) is 0 Å². The van der Waals surface area contributed by atoms with E-state index in [9.17, 15) is 0 Å². The van der Waals surface area contributed by atoms with E-state index in [1.807, 2.05) is 12.1 Å². The van der Waals surface area contributed by atoms with E-state index in [0.717, 1.165) is 31.9 Å². The standard InChI is InChI=1S/C15H20N4/c16-8-4-11-19(12-14-6-2-1-3-7-14)13-15-17-9-5-10-18-15/h1-3,5-7,9-10H,4,8,11-13,16H2. The zero-order valence-corrected chi connectivity index (χ0v) is 11.1. The van der Waals surface area contributed by atoms with E-state index in [2.05, 4.69) is 39.1 Å². The molecule has 0 saturated heterocycles. The second-order valence-corrected chi connectivity index (χ2v) is 4.50. The molecule has 1 heterocycles. The van der Waals surface area contributed by atoms with Crippen molar-refractivity contribution in [2.24, 2.45) is 5.73 Å². The van der Waals surface area contributed by atoms with Gasteiger partial charge < -0.3 is 5.73 Å². The lowest BCUT2D eigenvalue weighted by Crippen LogP contribution is -2.26. The van der Waals surface area contributed by atoms with Gasteiger partial charge in [0.05, 0.1) is 6.54 Å². The molecule has 2 aromatic rings. The average molecular weight is 256 g/mol. The third-order valence-electron chi connectivity index (χ3n) is 2.91. The Balaban J connectivity index is 1.99. The quantitative estimate of drug-likeness (QED) is 0.821. The Kier molecular flexibility index (Phi) is 5.47. The molecule has 0 aliphatic heterocycles. The lowest BCUT2D eigenvalue weighted by molar-refractivity contribution is 0.248. The summed E-state index contributed by atoms with van der Waals surface area (Å²) in [7, 11) is 0. The predicted octanol–water partition coefficient (Wildman–Crippen LogP) is 1.83. The van der Waals surface area contributed by atoms with Crippen molar-refractivity contribution in [3.63, 3.8) is 0 Å². The first-order valence-corrected chi connectivity index (χ1v) is 6.61. The van der Waals surface area contributed by atoms with E-state index in [4.69, 9.17) is 5.73 Å². The molecule has 0 spiro atoms. The SMILES string of the molecule is NCCCN(Cc1ccccc1)Cc1ncccn1. The summed E-state index contributed by atoms with van der Waals surface area (Å²) >= 11 is 0. The Morgan fingerprint density at radius 2 is 1.68 bits per heavy atom. The maximum absolute atomic E-state index is 5.61. The normalized spacial score (nSPS) is 10.8. The number of nitrogens with zero attached hydrogens (tertiary/aromatic N) is 3. The van der Waals surface area contributed by atoms with Gasteiger partial charge in [0, 0.05) is 25.5 Å². The van der Waals surface area contributed by atoms with Gasteiger partial charge in [0.25, 0.3) is 0 Å². The van der Waals surface area contributed by atoms with Crippen molar-refractivity contribution in [1.82, 2.24) is 14.9 Å². The number of hydrogen-bond donors (Lipinski definition) is 1. The van der Waals surface area contributed by atoms with Gasteiger partial charge in [-0.2, -0.15) is 0 Å². The molecular weight excluding hydrogens is 236 g/mol. The first kappa shape index (κ1) is 13.6. The summed E-state index contributed by atoms with van der Waals surface area (Å²) in [6.45, 7) is 3.33. The Bertz CT molecular complexity index is 417. The van der Waals surface area contributed by atoms with Crippen molar-refractivity contribution in [3.8, 4) is 0 Å². The first-order valence-electron chi connectivity index (χ1n) is 6.61. The summed E-state index contributed by atoms with van der Waals surface area (Å²) in [6.07, 6.45) is 4.55. The van der Waals surface area contributed by atoms with Crippen molar-refractivity contribution in [3.05, 3.63) is 60.2 Å². The molecule has 0 radical (unpaired) electrons. The molecule has 4 nitrogen and oxygen atoms in total. The maximum atomic E-state index is 5.61. The van der Waals surface area contributed by atoms with Crippen LogP contribution in [0.2, 0.25) is 0 Å². The highest BCUT2D eigenvalue weighted by atomic mass is 15.1. The monoisotopic (exact) mass is 256 g/mol. The molecule has 0 aliphatic carbocycles. The van der Waals surface area contributed by atoms with E-state index >= 15 is 0 Å². The van der Waals surface area contributed by atoms with Gasteiger partial charge in [-0.05, 0) is 24.6 Å². The van der Waals surface area contributed by atoms with Crippen LogP contribution in [-0.2, 0) is 13.1 Å².